The molecule has 1 N–H and O–H groups in total. The maximum absolute atomic E-state index is 10.2. The van der Waals surface area contributed by atoms with E-state index in [1.807, 2.05) is 6.92 Å². The summed E-state index contributed by atoms with van der Waals surface area (Å²) in [6.45, 7) is 6.46. The topological polar surface area (TPSA) is 20.2 Å². The van der Waals surface area contributed by atoms with E-state index >= 15 is 0 Å². The van der Waals surface area contributed by atoms with Crippen LogP contribution in [0, 0.1) is 17.3 Å². The van der Waals surface area contributed by atoms with E-state index in [1.165, 1.54) is 19.3 Å². The van der Waals surface area contributed by atoms with Crippen molar-refractivity contribution in [2.75, 3.05) is 0 Å². The molecule has 0 unspecified atom stereocenters. The predicted octanol–water partition coefficient (Wildman–Crippen LogP) is 2.19. The van der Waals surface area contributed by atoms with Crippen LogP contribution in [0.15, 0.2) is 0 Å². The Hall–Kier alpha value is -0.0400. The quantitative estimate of drug-likeness (QED) is 0.567. The van der Waals surface area contributed by atoms with E-state index in [4.69, 9.17) is 0 Å². The zero-order valence-electron chi connectivity index (χ0n) is 7.72. The van der Waals surface area contributed by atoms with Crippen LogP contribution in [0.3, 0.4) is 0 Å². The van der Waals surface area contributed by atoms with Crippen LogP contribution in [0.4, 0.5) is 0 Å². The molecule has 64 valence electrons. The van der Waals surface area contributed by atoms with Gasteiger partial charge in [-0.05, 0) is 43.4 Å². The third-order valence-corrected chi connectivity index (χ3v) is 4.55. The maximum atomic E-state index is 10.2. The Labute approximate surface area is 68.8 Å². The second kappa shape index (κ2) is 1.82. The molecule has 0 heterocycles. The van der Waals surface area contributed by atoms with Gasteiger partial charge in [0, 0.05) is 0 Å². The average molecular weight is 154 g/mol. The Balaban J connectivity index is 2.36. The highest BCUT2D eigenvalue weighted by atomic mass is 16.3. The highest BCUT2D eigenvalue weighted by Crippen LogP contribution is 2.61. The van der Waals surface area contributed by atoms with Crippen LogP contribution in [0.5, 0.6) is 0 Å². The normalized spacial score (nSPS) is 53.5. The predicted molar refractivity (Wildman–Crippen MR) is 45.2 cm³/mol. The second-order valence-electron chi connectivity index (χ2n) is 5.08. The molecule has 0 aromatic rings. The zero-order valence-corrected chi connectivity index (χ0v) is 7.72. The first-order chi connectivity index (χ1) is 4.96. The lowest BCUT2D eigenvalue weighted by molar-refractivity contribution is -0.0904. The summed E-state index contributed by atoms with van der Waals surface area (Å²) in [5.41, 5.74) is -0.230. The lowest BCUT2D eigenvalue weighted by Crippen LogP contribution is -2.46. The van der Waals surface area contributed by atoms with Crippen molar-refractivity contribution in [2.24, 2.45) is 17.3 Å². The minimum atomic E-state index is -0.393. The van der Waals surface area contributed by atoms with Crippen molar-refractivity contribution < 1.29 is 5.11 Å². The van der Waals surface area contributed by atoms with Crippen molar-refractivity contribution in [3.05, 3.63) is 0 Å². The van der Waals surface area contributed by atoms with Crippen LogP contribution in [0.2, 0.25) is 0 Å². The van der Waals surface area contributed by atoms with Crippen LogP contribution >= 0.6 is 0 Å². The molecule has 0 aromatic heterocycles. The molecular weight excluding hydrogens is 136 g/mol. The van der Waals surface area contributed by atoms with Crippen molar-refractivity contribution in [3.63, 3.8) is 0 Å². The van der Waals surface area contributed by atoms with Crippen molar-refractivity contribution in [3.8, 4) is 0 Å². The Morgan fingerprint density at radius 2 is 1.64 bits per heavy atom. The maximum Gasteiger partial charge on any atom is 0.0701 e. The van der Waals surface area contributed by atoms with Gasteiger partial charge in [-0.2, -0.15) is 0 Å². The molecule has 0 saturated heterocycles. The lowest BCUT2D eigenvalue weighted by atomic mass is 9.66. The molecule has 1 nitrogen and oxygen atoms in total. The molecule has 0 aromatic carbocycles. The summed E-state index contributed by atoms with van der Waals surface area (Å²) in [5.74, 6) is 1.37. The van der Waals surface area contributed by atoms with E-state index < -0.39 is 5.60 Å². The Morgan fingerprint density at radius 3 is 1.91 bits per heavy atom. The van der Waals surface area contributed by atoms with Gasteiger partial charge in [-0.3, -0.25) is 0 Å². The van der Waals surface area contributed by atoms with Crippen LogP contribution < -0.4 is 0 Å². The Morgan fingerprint density at radius 1 is 1.09 bits per heavy atom. The van der Waals surface area contributed by atoms with Gasteiger partial charge in [-0.25, -0.2) is 0 Å². The third kappa shape index (κ3) is 0.703. The van der Waals surface area contributed by atoms with Gasteiger partial charge in [0.2, 0.25) is 0 Å². The van der Waals surface area contributed by atoms with Gasteiger partial charge >= 0.3 is 0 Å². The average Bonchev–Trinajstić information content (AvgIpc) is 2.37. The van der Waals surface area contributed by atoms with Crippen molar-refractivity contribution >= 4 is 0 Å². The van der Waals surface area contributed by atoms with Crippen LogP contribution in [-0.2, 0) is 0 Å². The van der Waals surface area contributed by atoms with Gasteiger partial charge in [0.1, 0.15) is 0 Å². The minimum absolute atomic E-state index is 0.163. The SMILES string of the molecule is CC1(C)[C@H]2CC[C@H](C2)[C@@]1(C)O. The molecule has 0 radical (unpaired) electrons. The van der Waals surface area contributed by atoms with E-state index in [9.17, 15) is 5.11 Å². The third-order valence-electron chi connectivity index (χ3n) is 4.55. The summed E-state index contributed by atoms with van der Waals surface area (Å²) >= 11 is 0. The number of hydrogen-bond donors (Lipinski definition) is 1. The number of hydrogen-bond acceptors (Lipinski definition) is 1. The standard InChI is InChI=1S/C10H18O/c1-9(2)7-4-5-8(6-7)10(9,3)11/h7-8,11H,4-6H2,1-3H3/t7-,8+,10+/m0/s1. The van der Waals surface area contributed by atoms with E-state index in [0.717, 1.165) is 5.92 Å². The van der Waals surface area contributed by atoms with E-state index in [2.05, 4.69) is 13.8 Å². The fraction of sp³-hybridized carbons (Fsp3) is 1.00. The number of rotatable bonds is 0. The summed E-state index contributed by atoms with van der Waals surface area (Å²) in [6.07, 6.45) is 3.86. The number of fused-ring (bicyclic) bond motifs is 2. The second-order valence-corrected chi connectivity index (χ2v) is 5.08. The summed E-state index contributed by atoms with van der Waals surface area (Å²) < 4.78 is 0. The molecule has 2 rings (SSSR count). The molecule has 1 heteroatoms. The molecule has 11 heavy (non-hydrogen) atoms. The number of aliphatic hydroxyl groups is 1. The fourth-order valence-electron chi connectivity index (χ4n) is 3.09. The summed E-state index contributed by atoms with van der Waals surface area (Å²) in [4.78, 5) is 0. The first kappa shape index (κ1) is 7.60. The molecule has 0 spiro atoms. The Kier molecular flexibility index (Phi) is 1.26. The summed E-state index contributed by atoms with van der Waals surface area (Å²) in [7, 11) is 0. The largest absolute Gasteiger partial charge is 0.389 e. The van der Waals surface area contributed by atoms with Gasteiger partial charge in [-0.1, -0.05) is 13.8 Å². The van der Waals surface area contributed by atoms with Crippen molar-refractivity contribution in [1.82, 2.24) is 0 Å². The highest BCUT2D eigenvalue weighted by molar-refractivity contribution is 5.09. The Bertz CT molecular complexity index is 161. The van der Waals surface area contributed by atoms with Crippen LogP contribution in [-0.4, -0.2) is 10.7 Å². The smallest absolute Gasteiger partial charge is 0.0701 e. The van der Waals surface area contributed by atoms with E-state index in [-0.39, 0.29) is 5.41 Å². The first-order valence-electron chi connectivity index (χ1n) is 4.68. The summed E-state index contributed by atoms with van der Waals surface area (Å²) in [6, 6.07) is 0. The van der Waals surface area contributed by atoms with E-state index in [1.54, 1.807) is 0 Å². The van der Waals surface area contributed by atoms with Gasteiger partial charge in [0.15, 0.2) is 0 Å². The van der Waals surface area contributed by atoms with Gasteiger partial charge in [-0.15, -0.1) is 0 Å². The monoisotopic (exact) mass is 154 g/mol. The van der Waals surface area contributed by atoms with Crippen LogP contribution in [0.25, 0.3) is 0 Å². The highest BCUT2D eigenvalue weighted by Gasteiger charge is 2.59. The van der Waals surface area contributed by atoms with Gasteiger partial charge in [0.05, 0.1) is 5.60 Å². The molecule has 3 atom stereocenters. The molecule has 2 aliphatic carbocycles. The van der Waals surface area contributed by atoms with Gasteiger partial charge < -0.3 is 5.11 Å². The van der Waals surface area contributed by atoms with E-state index in [0.29, 0.717) is 5.92 Å². The molecule has 0 amide bonds. The van der Waals surface area contributed by atoms with Crippen molar-refractivity contribution in [2.45, 2.75) is 45.6 Å². The fourth-order valence-corrected chi connectivity index (χ4v) is 3.09. The zero-order chi connectivity index (χ0) is 8.28. The minimum Gasteiger partial charge on any atom is -0.389 e. The first-order valence-corrected chi connectivity index (χ1v) is 4.68. The lowest BCUT2D eigenvalue weighted by Gasteiger charge is -2.43. The molecule has 0 aliphatic heterocycles. The molecule has 2 fully saturated rings. The summed E-state index contributed by atoms with van der Waals surface area (Å²) in [5, 5.41) is 10.2. The molecule has 2 aliphatic rings. The molecule has 2 bridgehead atoms. The van der Waals surface area contributed by atoms with Gasteiger partial charge in [0.25, 0.3) is 0 Å². The molecular formula is C10H18O. The molecule has 2 saturated carbocycles. The van der Waals surface area contributed by atoms with Crippen LogP contribution in [0.1, 0.15) is 40.0 Å². The van der Waals surface area contributed by atoms with Crippen molar-refractivity contribution in [1.29, 1.82) is 0 Å².